The summed E-state index contributed by atoms with van der Waals surface area (Å²) >= 11 is 0. The first-order chi connectivity index (χ1) is 11.6. The second-order valence-electron chi connectivity index (χ2n) is 7.86. The Morgan fingerprint density at radius 1 is 0.920 bits per heavy atom. The zero-order chi connectivity index (χ0) is 19.2. The molecule has 1 aromatic rings. The Kier molecular flexibility index (Phi) is 8.23. The molecule has 0 aliphatic carbocycles. The number of methoxy groups -OCH3 is 1. The predicted molar refractivity (Wildman–Crippen MR) is 102 cm³/mol. The van der Waals surface area contributed by atoms with Gasteiger partial charge in [0.1, 0.15) is 0 Å². The van der Waals surface area contributed by atoms with Gasteiger partial charge in [0.15, 0.2) is 24.1 Å². The Balaban J connectivity index is 3.25. The maximum atomic E-state index is 6.01. The smallest absolute Gasteiger partial charge is 0.197 e. The van der Waals surface area contributed by atoms with Crippen LogP contribution >= 0.6 is 0 Å². The van der Waals surface area contributed by atoms with Crippen LogP contribution in [0.2, 0.25) is 0 Å². The SMILES string of the molecule is CCOC(C)Oc1cc(C(C(C)C)C(C)(C)C)ccc1OC(C)OC. The van der Waals surface area contributed by atoms with Gasteiger partial charge in [0.2, 0.25) is 0 Å². The number of ether oxygens (including phenoxy) is 4. The quantitative estimate of drug-likeness (QED) is 0.542. The van der Waals surface area contributed by atoms with Gasteiger partial charge in [-0.15, -0.1) is 0 Å². The molecule has 0 aliphatic heterocycles. The van der Waals surface area contributed by atoms with Gasteiger partial charge >= 0.3 is 0 Å². The molecule has 0 radical (unpaired) electrons. The maximum absolute atomic E-state index is 6.01. The van der Waals surface area contributed by atoms with Crippen LogP contribution in [0.25, 0.3) is 0 Å². The van der Waals surface area contributed by atoms with Crippen LogP contribution in [-0.2, 0) is 9.47 Å². The van der Waals surface area contributed by atoms with Gasteiger partial charge in [-0.2, -0.15) is 0 Å². The lowest BCUT2D eigenvalue weighted by Crippen LogP contribution is -2.24. The third-order valence-electron chi connectivity index (χ3n) is 4.25. The molecule has 1 aromatic carbocycles. The highest BCUT2D eigenvalue weighted by Crippen LogP contribution is 2.43. The molecule has 144 valence electrons. The number of rotatable bonds is 9. The molecular weight excluding hydrogens is 316 g/mol. The van der Waals surface area contributed by atoms with Crippen LogP contribution in [0.1, 0.15) is 66.9 Å². The first kappa shape index (κ1) is 21.8. The first-order valence-electron chi connectivity index (χ1n) is 9.21. The lowest BCUT2D eigenvalue weighted by molar-refractivity contribution is -0.0696. The highest BCUT2D eigenvalue weighted by molar-refractivity contribution is 5.44. The van der Waals surface area contributed by atoms with Gasteiger partial charge in [-0.1, -0.05) is 40.7 Å². The van der Waals surface area contributed by atoms with E-state index in [4.69, 9.17) is 18.9 Å². The molecular formula is C21H36O4. The molecule has 0 bridgehead atoms. The van der Waals surface area contributed by atoms with Crippen molar-refractivity contribution < 1.29 is 18.9 Å². The standard InChI is InChI=1S/C21H36O4/c1-10-23-16(5)25-19-13-17(20(14(2)3)21(6,7)8)11-12-18(19)24-15(4)22-9/h11-16,20H,10H2,1-9H3. The van der Waals surface area contributed by atoms with Crippen molar-refractivity contribution in [2.75, 3.05) is 13.7 Å². The Hall–Kier alpha value is -1.26. The molecule has 0 N–H and O–H groups in total. The van der Waals surface area contributed by atoms with E-state index in [2.05, 4.69) is 46.8 Å². The van der Waals surface area contributed by atoms with Crippen molar-refractivity contribution in [1.29, 1.82) is 0 Å². The predicted octanol–water partition coefficient (Wildman–Crippen LogP) is 5.60. The van der Waals surface area contributed by atoms with Crippen molar-refractivity contribution in [3.8, 4) is 11.5 Å². The average molecular weight is 353 g/mol. The van der Waals surface area contributed by atoms with Crippen LogP contribution in [0.4, 0.5) is 0 Å². The van der Waals surface area contributed by atoms with Crippen molar-refractivity contribution in [3.63, 3.8) is 0 Å². The van der Waals surface area contributed by atoms with Gasteiger partial charge in [0.05, 0.1) is 0 Å². The van der Waals surface area contributed by atoms with Gasteiger partial charge in [0, 0.05) is 13.7 Å². The molecule has 0 aromatic heterocycles. The topological polar surface area (TPSA) is 36.9 Å². The molecule has 3 atom stereocenters. The fourth-order valence-electron chi connectivity index (χ4n) is 3.47. The minimum absolute atomic E-state index is 0.152. The molecule has 0 amide bonds. The highest BCUT2D eigenvalue weighted by atomic mass is 16.7. The molecule has 1 rings (SSSR count). The van der Waals surface area contributed by atoms with Crippen molar-refractivity contribution in [2.24, 2.45) is 11.3 Å². The van der Waals surface area contributed by atoms with Gasteiger partial charge in [-0.05, 0) is 55.7 Å². The molecule has 3 unspecified atom stereocenters. The van der Waals surface area contributed by atoms with E-state index in [1.54, 1.807) is 7.11 Å². The number of benzene rings is 1. The number of hydrogen-bond donors (Lipinski definition) is 0. The van der Waals surface area contributed by atoms with Gasteiger partial charge in [0.25, 0.3) is 0 Å². The zero-order valence-corrected chi connectivity index (χ0v) is 17.4. The van der Waals surface area contributed by atoms with E-state index in [9.17, 15) is 0 Å². The summed E-state index contributed by atoms with van der Waals surface area (Å²) in [5.41, 5.74) is 1.40. The van der Waals surface area contributed by atoms with Gasteiger partial charge in [-0.25, -0.2) is 0 Å². The Morgan fingerprint density at radius 3 is 2.00 bits per heavy atom. The van der Waals surface area contributed by atoms with E-state index < -0.39 is 0 Å². The summed E-state index contributed by atoms with van der Waals surface area (Å²) in [5, 5.41) is 0. The molecule has 0 saturated carbocycles. The van der Waals surface area contributed by atoms with Crippen molar-refractivity contribution in [1.82, 2.24) is 0 Å². The molecule has 0 spiro atoms. The van der Waals surface area contributed by atoms with Crippen LogP contribution in [0.5, 0.6) is 11.5 Å². The minimum atomic E-state index is -0.348. The zero-order valence-electron chi connectivity index (χ0n) is 17.4. The summed E-state index contributed by atoms with van der Waals surface area (Å²) in [4.78, 5) is 0. The monoisotopic (exact) mass is 352 g/mol. The third kappa shape index (κ3) is 6.52. The van der Waals surface area contributed by atoms with Crippen LogP contribution in [0, 0.1) is 11.3 Å². The maximum Gasteiger partial charge on any atom is 0.197 e. The van der Waals surface area contributed by atoms with Crippen molar-refractivity contribution in [2.45, 2.75) is 73.9 Å². The second kappa shape index (κ2) is 9.44. The molecule has 0 heterocycles. The average Bonchev–Trinajstić information content (AvgIpc) is 2.48. The van der Waals surface area contributed by atoms with Crippen LogP contribution in [-0.4, -0.2) is 26.3 Å². The third-order valence-corrected chi connectivity index (χ3v) is 4.25. The van der Waals surface area contributed by atoms with Crippen LogP contribution in [0.15, 0.2) is 18.2 Å². The van der Waals surface area contributed by atoms with Crippen LogP contribution in [0.3, 0.4) is 0 Å². The molecule has 4 nitrogen and oxygen atoms in total. The lowest BCUT2D eigenvalue weighted by Gasteiger charge is -2.35. The van der Waals surface area contributed by atoms with E-state index in [-0.39, 0.29) is 18.0 Å². The van der Waals surface area contributed by atoms with E-state index in [0.717, 1.165) is 0 Å². The molecule has 0 fully saturated rings. The summed E-state index contributed by atoms with van der Waals surface area (Å²) in [5.74, 6) is 2.28. The second-order valence-corrected chi connectivity index (χ2v) is 7.86. The van der Waals surface area contributed by atoms with E-state index in [1.807, 2.05) is 26.8 Å². The Labute approximate surface area is 153 Å². The highest BCUT2D eigenvalue weighted by Gasteiger charge is 2.30. The summed E-state index contributed by atoms with van der Waals surface area (Å²) in [6, 6.07) is 6.19. The van der Waals surface area contributed by atoms with E-state index in [0.29, 0.717) is 29.9 Å². The molecule has 25 heavy (non-hydrogen) atoms. The molecule has 4 heteroatoms. The minimum Gasteiger partial charge on any atom is -0.461 e. The fraction of sp³-hybridized carbons (Fsp3) is 0.714. The Bertz CT molecular complexity index is 519. The van der Waals surface area contributed by atoms with Crippen molar-refractivity contribution >= 4 is 0 Å². The summed E-state index contributed by atoms with van der Waals surface area (Å²) in [7, 11) is 1.62. The Morgan fingerprint density at radius 2 is 1.52 bits per heavy atom. The van der Waals surface area contributed by atoms with Gasteiger partial charge in [-0.3, -0.25) is 0 Å². The van der Waals surface area contributed by atoms with Crippen LogP contribution < -0.4 is 9.47 Å². The summed E-state index contributed by atoms with van der Waals surface area (Å²) in [6.45, 7) is 17.7. The molecule has 0 saturated heterocycles. The first-order valence-corrected chi connectivity index (χ1v) is 9.21. The van der Waals surface area contributed by atoms with Crippen molar-refractivity contribution in [3.05, 3.63) is 23.8 Å². The largest absolute Gasteiger partial charge is 0.461 e. The van der Waals surface area contributed by atoms with E-state index in [1.165, 1.54) is 5.56 Å². The van der Waals surface area contributed by atoms with E-state index >= 15 is 0 Å². The number of hydrogen-bond acceptors (Lipinski definition) is 4. The normalized spacial score (nSPS) is 15.8. The summed E-state index contributed by atoms with van der Waals surface area (Å²) < 4.78 is 22.6. The lowest BCUT2D eigenvalue weighted by atomic mass is 9.70. The van der Waals surface area contributed by atoms with Gasteiger partial charge < -0.3 is 18.9 Å². The fourth-order valence-corrected chi connectivity index (χ4v) is 3.47. The summed E-state index contributed by atoms with van der Waals surface area (Å²) in [6.07, 6.45) is -0.688. The molecule has 0 aliphatic rings.